The second kappa shape index (κ2) is 51.7. The van der Waals surface area contributed by atoms with Crippen molar-refractivity contribution < 1.29 is 51.8 Å². The van der Waals surface area contributed by atoms with E-state index in [1.54, 1.807) is 6.08 Å². The zero-order valence-electron chi connectivity index (χ0n) is 48.1. The summed E-state index contributed by atoms with van der Waals surface area (Å²) in [6.07, 6.45) is 57.9. The zero-order valence-corrected chi connectivity index (χ0v) is 48.9. The van der Waals surface area contributed by atoms with Gasteiger partial charge in [-0.15, -0.1) is 0 Å². The van der Waals surface area contributed by atoms with Crippen LogP contribution >= 0.6 is 0 Å². The van der Waals surface area contributed by atoms with Gasteiger partial charge in [0.05, 0.1) is 25.4 Å². The van der Waals surface area contributed by atoms with Crippen LogP contribution in [0.2, 0.25) is 0 Å². The molecule has 1 heterocycles. The quantitative estimate of drug-likeness (QED) is 0.0193. The lowest BCUT2D eigenvalue weighted by Gasteiger charge is -2.41. The fraction of sp³-hybridized carbons (Fsp3) is 0.887. The first-order chi connectivity index (χ1) is 36.5. The maximum Gasteiger partial charge on any atom is 0.397 e. The molecule has 1 fully saturated rings. The molecule has 0 aromatic heterocycles. The molecule has 13 heteroatoms. The first-order valence-electron chi connectivity index (χ1n) is 31.4. The van der Waals surface area contributed by atoms with Gasteiger partial charge in [-0.25, -0.2) is 4.18 Å². The topological polar surface area (TPSA) is 192 Å². The summed E-state index contributed by atoms with van der Waals surface area (Å²) in [4.78, 5) is 13.1. The number of hydrogen-bond acceptors (Lipinski definition) is 10. The number of ether oxygens (including phenoxy) is 2. The highest BCUT2D eigenvalue weighted by Crippen LogP contribution is 2.26. The molecule has 0 radical (unpaired) electrons. The summed E-state index contributed by atoms with van der Waals surface area (Å²) in [6.45, 7) is 3.41. The molecule has 0 bridgehead atoms. The molecule has 1 amide bonds. The van der Waals surface area contributed by atoms with Crippen molar-refractivity contribution >= 4 is 16.3 Å². The Hall–Kier alpha value is -1.68. The Labute approximate surface area is 460 Å². The molecule has 0 saturated carbocycles. The maximum atomic E-state index is 13.1. The number of aliphatic hydroxyl groups is 4. The summed E-state index contributed by atoms with van der Waals surface area (Å²) in [5.41, 5.74) is 0. The lowest BCUT2D eigenvalue weighted by atomic mass is 9.99. The summed E-state index contributed by atoms with van der Waals surface area (Å²) in [5, 5.41) is 44.9. The molecular weight excluding hydrogens is 967 g/mol. The molecule has 1 aliphatic heterocycles. The predicted molar refractivity (Wildman–Crippen MR) is 310 cm³/mol. The van der Waals surface area contributed by atoms with Crippen molar-refractivity contribution in [3.05, 3.63) is 36.5 Å². The molecule has 12 nitrogen and oxygen atoms in total. The van der Waals surface area contributed by atoms with Crippen LogP contribution in [0, 0.1) is 0 Å². The predicted octanol–water partition coefficient (Wildman–Crippen LogP) is 15.3. The average Bonchev–Trinajstić information content (AvgIpc) is 3.39. The molecule has 1 aliphatic rings. The van der Waals surface area contributed by atoms with E-state index in [1.165, 1.54) is 225 Å². The van der Waals surface area contributed by atoms with Crippen LogP contribution in [0.25, 0.3) is 0 Å². The van der Waals surface area contributed by atoms with E-state index in [0.29, 0.717) is 6.42 Å². The van der Waals surface area contributed by atoms with E-state index in [4.69, 9.17) is 9.47 Å². The number of unbranched alkanes of at least 4 members (excludes halogenated alkanes) is 39. The molecule has 7 unspecified atom stereocenters. The number of rotatable bonds is 55. The first-order valence-corrected chi connectivity index (χ1v) is 32.7. The Bertz CT molecular complexity index is 1460. The maximum absolute atomic E-state index is 13.1. The standard InChI is InChI=1S/C62H117NO11S/c1-3-5-7-9-11-13-15-17-18-19-20-21-22-23-24-25-26-27-28-29-30-31-32-33-34-35-36-37-38-40-42-44-46-48-50-52-58(66)63-55(56(65)51-49-47-45-43-41-39-16-14-12-10-8-6-4-2)54-72-62-60(68)61(74-75(69,70)71)59(67)57(53-64)73-62/h22-23,25-26,49,51,55-57,59-62,64-65,67-68H,3-21,24,27-48,50,52-54H2,1-2H3,(H,63,66)(H,69,70,71)/b23-22-,26-25-,51-49+. The summed E-state index contributed by atoms with van der Waals surface area (Å²) in [7, 11) is -5.09. The van der Waals surface area contributed by atoms with E-state index in [-0.39, 0.29) is 18.9 Å². The van der Waals surface area contributed by atoms with Gasteiger partial charge < -0.3 is 35.2 Å². The molecule has 1 saturated heterocycles. The third-order valence-corrected chi connectivity index (χ3v) is 15.4. The van der Waals surface area contributed by atoms with Crippen molar-refractivity contribution in [2.45, 2.75) is 339 Å². The van der Waals surface area contributed by atoms with Crippen molar-refractivity contribution in [1.29, 1.82) is 0 Å². The molecule has 0 aliphatic carbocycles. The van der Waals surface area contributed by atoms with Crippen LogP contribution in [0.15, 0.2) is 36.5 Å². The molecule has 1 rings (SSSR count). The fourth-order valence-corrected chi connectivity index (χ4v) is 10.6. The van der Waals surface area contributed by atoms with Gasteiger partial charge in [-0.2, -0.15) is 8.42 Å². The van der Waals surface area contributed by atoms with Crippen LogP contribution in [-0.2, 0) is 28.9 Å². The van der Waals surface area contributed by atoms with Crippen molar-refractivity contribution in [2.24, 2.45) is 0 Å². The minimum atomic E-state index is -5.09. The molecule has 75 heavy (non-hydrogen) atoms. The fourth-order valence-electron chi connectivity index (χ4n) is 10.1. The number of allylic oxidation sites excluding steroid dienone is 5. The molecular formula is C62H117NO11S. The smallest absolute Gasteiger partial charge is 0.394 e. The molecule has 442 valence electrons. The van der Waals surface area contributed by atoms with E-state index in [2.05, 4.69) is 47.7 Å². The van der Waals surface area contributed by atoms with Gasteiger partial charge in [0.1, 0.15) is 24.4 Å². The molecule has 0 spiro atoms. The van der Waals surface area contributed by atoms with Gasteiger partial charge in [0, 0.05) is 6.42 Å². The van der Waals surface area contributed by atoms with Crippen molar-refractivity contribution in [3.63, 3.8) is 0 Å². The Kier molecular flexibility index (Phi) is 49.2. The third-order valence-electron chi connectivity index (χ3n) is 14.9. The molecule has 7 atom stereocenters. The molecule has 0 aromatic rings. The van der Waals surface area contributed by atoms with Gasteiger partial charge in [-0.3, -0.25) is 9.35 Å². The monoisotopic (exact) mass is 1080 g/mol. The minimum absolute atomic E-state index is 0.260. The van der Waals surface area contributed by atoms with Gasteiger partial charge in [-0.05, 0) is 51.4 Å². The van der Waals surface area contributed by atoms with Crippen LogP contribution in [0.1, 0.15) is 296 Å². The van der Waals surface area contributed by atoms with Crippen LogP contribution in [0.3, 0.4) is 0 Å². The number of amides is 1. The van der Waals surface area contributed by atoms with Crippen molar-refractivity contribution in [2.75, 3.05) is 13.2 Å². The number of carbonyl (C=O) groups excluding carboxylic acids is 1. The summed E-state index contributed by atoms with van der Waals surface area (Å²) in [6, 6.07) is -0.943. The Morgan fingerprint density at radius 2 is 0.893 bits per heavy atom. The zero-order chi connectivity index (χ0) is 54.7. The van der Waals surface area contributed by atoms with E-state index in [0.717, 1.165) is 44.9 Å². The highest BCUT2D eigenvalue weighted by Gasteiger charge is 2.48. The van der Waals surface area contributed by atoms with Crippen molar-refractivity contribution in [3.8, 4) is 0 Å². The Morgan fingerprint density at radius 1 is 0.533 bits per heavy atom. The highest BCUT2D eigenvalue weighted by atomic mass is 32.3. The van der Waals surface area contributed by atoms with E-state index < -0.39 is 59.9 Å². The van der Waals surface area contributed by atoms with Gasteiger partial charge >= 0.3 is 10.4 Å². The highest BCUT2D eigenvalue weighted by molar-refractivity contribution is 7.80. The van der Waals surface area contributed by atoms with E-state index >= 15 is 0 Å². The summed E-state index contributed by atoms with van der Waals surface area (Å²) < 4.78 is 47.8. The third kappa shape index (κ3) is 43.8. The van der Waals surface area contributed by atoms with Crippen LogP contribution in [0.4, 0.5) is 0 Å². The second-order valence-corrected chi connectivity index (χ2v) is 23.0. The number of nitrogens with one attached hydrogen (secondary N) is 1. The Balaban J connectivity index is 2.19. The Morgan fingerprint density at radius 3 is 1.27 bits per heavy atom. The van der Waals surface area contributed by atoms with Gasteiger partial charge in [0.2, 0.25) is 5.91 Å². The van der Waals surface area contributed by atoms with Crippen LogP contribution in [0.5, 0.6) is 0 Å². The number of aliphatic hydroxyl groups excluding tert-OH is 4. The summed E-state index contributed by atoms with van der Waals surface area (Å²) in [5.74, 6) is -0.260. The van der Waals surface area contributed by atoms with Crippen molar-refractivity contribution in [1.82, 2.24) is 5.32 Å². The van der Waals surface area contributed by atoms with Gasteiger partial charge in [0.15, 0.2) is 6.29 Å². The van der Waals surface area contributed by atoms with E-state index in [1.807, 2.05) is 6.08 Å². The van der Waals surface area contributed by atoms with Gasteiger partial charge in [0.25, 0.3) is 0 Å². The van der Waals surface area contributed by atoms with Gasteiger partial charge in [-0.1, -0.05) is 275 Å². The normalized spacial score (nSPS) is 19.3. The lowest BCUT2D eigenvalue weighted by Crippen LogP contribution is -2.61. The minimum Gasteiger partial charge on any atom is -0.394 e. The molecule has 6 N–H and O–H groups in total. The first kappa shape index (κ1) is 71.3. The van der Waals surface area contributed by atoms with Crippen LogP contribution < -0.4 is 5.32 Å². The lowest BCUT2D eigenvalue weighted by molar-refractivity contribution is -0.298. The summed E-state index contributed by atoms with van der Waals surface area (Å²) >= 11 is 0. The molecule has 0 aromatic carbocycles. The second-order valence-electron chi connectivity index (χ2n) is 22.0. The average molecular weight is 1080 g/mol. The number of carbonyl (C=O) groups is 1. The largest absolute Gasteiger partial charge is 0.397 e. The SMILES string of the molecule is CCCCCCCCCCCCC/C=C\C/C=C\CCCCCCCCCCCCCCCCCCCC(=O)NC(COC1OC(CO)C(O)C(OS(=O)(=O)O)C1O)C(O)/C=C/CCCCCCCCCCCCC. The van der Waals surface area contributed by atoms with Crippen LogP contribution in [-0.4, -0.2) is 95.4 Å². The van der Waals surface area contributed by atoms with E-state index in [9.17, 15) is 38.2 Å². The number of hydrogen-bond donors (Lipinski definition) is 6.